The lowest BCUT2D eigenvalue weighted by molar-refractivity contribution is 0.151. The Balaban J connectivity index is 2.16. The van der Waals surface area contributed by atoms with Crippen molar-refractivity contribution < 1.29 is 0 Å². The van der Waals surface area contributed by atoms with Crippen LogP contribution in [0.4, 0.5) is 0 Å². The minimum atomic E-state index is 0.316. The van der Waals surface area contributed by atoms with Crippen molar-refractivity contribution in [3.05, 3.63) is 17.5 Å². The van der Waals surface area contributed by atoms with Gasteiger partial charge < -0.3 is 5.73 Å². The minimum absolute atomic E-state index is 0.316. The Morgan fingerprint density at radius 1 is 1.56 bits per heavy atom. The highest BCUT2D eigenvalue weighted by Gasteiger charge is 2.34. The second-order valence-corrected chi connectivity index (χ2v) is 6.19. The van der Waals surface area contributed by atoms with Gasteiger partial charge in [0.15, 0.2) is 0 Å². The summed E-state index contributed by atoms with van der Waals surface area (Å²) in [4.78, 5) is 0. The van der Waals surface area contributed by atoms with Crippen molar-refractivity contribution in [2.45, 2.75) is 52.4 Å². The lowest BCUT2D eigenvalue weighted by atomic mass is 9.67. The van der Waals surface area contributed by atoms with Gasteiger partial charge in [-0.2, -0.15) is 5.10 Å². The number of rotatable bonds is 4. The average molecular weight is 249 g/mol. The molecule has 1 aliphatic carbocycles. The van der Waals surface area contributed by atoms with Crippen molar-refractivity contribution in [2.75, 3.05) is 6.54 Å². The van der Waals surface area contributed by atoms with Crippen molar-refractivity contribution in [1.29, 1.82) is 0 Å². The van der Waals surface area contributed by atoms with Crippen LogP contribution in [0.2, 0.25) is 0 Å². The molecular formula is C15H27N3. The number of nitrogens with two attached hydrogens (primary N) is 1. The molecular weight excluding hydrogens is 222 g/mol. The van der Waals surface area contributed by atoms with Gasteiger partial charge in [0.25, 0.3) is 0 Å². The maximum Gasteiger partial charge on any atom is 0.0624 e. The van der Waals surface area contributed by atoms with Crippen LogP contribution in [0.5, 0.6) is 0 Å². The maximum atomic E-state index is 6.11. The zero-order chi connectivity index (χ0) is 13.2. The Bertz CT molecular complexity index is 396. The summed E-state index contributed by atoms with van der Waals surface area (Å²) in [6, 6.07) is 2.26. The fraction of sp³-hybridized carbons (Fsp3) is 0.800. The molecule has 0 spiro atoms. The summed E-state index contributed by atoms with van der Waals surface area (Å²) < 4.78 is 2.05. The zero-order valence-electron chi connectivity index (χ0n) is 12.1. The number of nitrogens with zero attached hydrogens (tertiary/aromatic N) is 2. The molecule has 1 aromatic heterocycles. The van der Waals surface area contributed by atoms with Crippen LogP contribution in [0.3, 0.4) is 0 Å². The van der Waals surface area contributed by atoms with Gasteiger partial charge in [-0.25, -0.2) is 0 Å². The largest absolute Gasteiger partial charge is 0.330 e. The van der Waals surface area contributed by atoms with E-state index in [0.717, 1.165) is 25.3 Å². The van der Waals surface area contributed by atoms with Crippen molar-refractivity contribution in [2.24, 2.45) is 24.1 Å². The smallest absolute Gasteiger partial charge is 0.0624 e. The van der Waals surface area contributed by atoms with E-state index >= 15 is 0 Å². The predicted molar refractivity (Wildman–Crippen MR) is 75.4 cm³/mol. The van der Waals surface area contributed by atoms with Gasteiger partial charge in [0, 0.05) is 12.7 Å². The molecule has 0 aromatic carbocycles. The van der Waals surface area contributed by atoms with Gasteiger partial charge in [-0.3, -0.25) is 4.68 Å². The van der Waals surface area contributed by atoms with Crippen LogP contribution < -0.4 is 5.73 Å². The summed E-state index contributed by atoms with van der Waals surface area (Å²) in [5, 5.41) is 4.55. The van der Waals surface area contributed by atoms with Gasteiger partial charge >= 0.3 is 0 Å². The standard InChI is InChI=1S/C15H27N3/c1-4-13-8-14(18(3)17-13)10-15(11-16)7-5-6-12(2)9-15/h8,12H,4-7,9-11,16H2,1-3H3. The predicted octanol–water partition coefficient (Wildman–Crippen LogP) is 2.68. The van der Waals surface area contributed by atoms with E-state index in [2.05, 4.69) is 36.7 Å². The molecule has 2 atom stereocenters. The zero-order valence-corrected chi connectivity index (χ0v) is 12.1. The molecule has 0 aliphatic heterocycles. The molecule has 1 heterocycles. The van der Waals surface area contributed by atoms with Gasteiger partial charge in [0.1, 0.15) is 0 Å². The number of aromatic nitrogens is 2. The molecule has 1 fully saturated rings. The lowest BCUT2D eigenvalue weighted by Gasteiger charge is -2.39. The molecule has 0 amide bonds. The molecule has 3 heteroatoms. The van der Waals surface area contributed by atoms with E-state index in [1.54, 1.807) is 0 Å². The van der Waals surface area contributed by atoms with E-state index in [1.807, 2.05) is 0 Å². The number of hydrogen-bond acceptors (Lipinski definition) is 2. The minimum Gasteiger partial charge on any atom is -0.330 e. The van der Waals surface area contributed by atoms with Crippen LogP contribution in [0.25, 0.3) is 0 Å². The fourth-order valence-corrected chi connectivity index (χ4v) is 3.48. The first-order chi connectivity index (χ1) is 8.58. The third-order valence-electron chi connectivity index (χ3n) is 4.56. The van der Waals surface area contributed by atoms with Crippen LogP contribution in [0.15, 0.2) is 6.07 Å². The van der Waals surface area contributed by atoms with Crippen molar-refractivity contribution in [1.82, 2.24) is 9.78 Å². The molecule has 0 saturated heterocycles. The normalized spacial score (nSPS) is 28.6. The summed E-state index contributed by atoms with van der Waals surface area (Å²) >= 11 is 0. The van der Waals surface area contributed by atoms with Gasteiger partial charge in [0.05, 0.1) is 5.69 Å². The molecule has 0 radical (unpaired) electrons. The van der Waals surface area contributed by atoms with E-state index in [9.17, 15) is 0 Å². The lowest BCUT2D eigenvalue weighted by Crippen LogP contribution is -2.37. The van der Waals surface area contributed by atoms with Gasteiger partial charge in [0.2, 0.25) is 0 Å². The van der Waals surface area contributed by atoms with E-state index in [4.69, 9.17) is 5.73 Å². The third kappa shape index (κ3) is 2.77. The topological polar surface area (TPSA) is 43.8 Å². The van der Waals surface area contributed by atoms with Gasteiger partial charge in [-0.15, -0.1) is 0 Å². The summed E-state index contributed by atoms with van der Waals surface area (Å²) in [7, 11) is 2.06. The summed E-state index contributed by atoms with van der Waals surface area (Å²) in [6.45, 7) is 5.34. The van der Waals surface area contributed by atoms with Gasteiger partial charge in [-0.1, -0.05) is 26.7 Å². The summed E-state index contributed by atoms with van der Waals surface area (Å²) in [5.74, 6) is 0.821. The first-order valence-corrected chi connectivity index (χ1v) is 7.30. The SMILES string of the molecule is CCc1cc(CC2(CN)CCCC(C)C2)n(C)n1. The van der Waals surface area contributed by atoms with E-state index in [0.29, 0.717) is 5.41 Å². The van der Waals surface area contributed by atoms with Crippen LogP contribution in [-0.4, -0.2) is 16.3 Å². The molecule has 0 bridgehead atoms. The average Bonchev–Trinajstić information content (AvgIpc) is 2.70. The summed E-state index contributed by atoms with van der Waals surface area (Å²) in [6.07, 6.45) is 7.36. The highest BCUT2D eigenvalue weighted by atomic mass is 15.3. The highest BCUT2D eigenvalue weighted by Crippen LogP contribution is 2.41. The van der Waals surface area contributed by atoms with Crippen LogP contribution >= 0.6 is 0 Å². The molecule has 1 aromatic rings. The Morgan fingerprint density at radius 2 is 2.33 bits per heavy atom. The highest BCUT2D eigenvalue weighted by molar-refractivity contribution is 5.13. The van der Waals surface area contributed by atoms with Crippen LogP contribution in [-0.2, 0) is 19.9 Å². The second kappa shape index (κ2) is 5.43. The monoisotopic (exact) mass is 249 g/mol. The Kier molecular flexibility index (Phi) is 4.10. The van der Waals surface area contributed by atoms with Crippen LogP contribution in [0.1, 0.15) is 50.9 Å². The quantitative estimate of drug-likeness (QED) is 0.891. The molecule has 18 heavy (non-hydrogen) atoms. The molecule has 102 valence electrons. The van der Waals surface area contributed by atoms with Crippen molar-refractivity contribution in [3.8, 4) is 0 Å². The fourth-order valence-electron chi connectivity index (χ4n) is 3.48. The first kappa shape index (κ1) is 13.6. The Morgan fingerprint density at radius 3 is 2.89 bits per heavy atom. The first-order valence-electron chi connectivity index (χ1n) is 7.30. The van der Waals surface area contributed by atoms with Crippen LogP contribution in [0, 0.1) is 11.3 Å². The molecule has 1 saturated carbocycles. The number of hydrogen-bond donors (Lipinski definition) is 1. The molecule has 2 rings (SSSR count). The molecule has 1 aliphatic rings. The Hall–Kier alpha value is -0.830. The molecule has 2 unspecified atom stereocenters. The molecule has 3 nitrogen and oxygen atoms in total. The number of aryl methyl sites for hydroxylation is 2. The Labute approximate surface area is 111 Å². The summed E-state index contributed by atoms with van der Waals surface area (Å²) in [5.41, 5.74) is 8.97. The maximum absolute atomic E-state index is 6.11. The van der Waals surface area contributed by atoms with E-state index in [-0.39, 0.29) is 0 Å². The van der Waals surface area contributed by atoms with Gasteiger partial charge in [-0.05, 0) is 49.6 Å². The second-order valence-electron chi connectivity index (χ2n) is 6.19. The third-order valence-corrected chi connectivity index (χ3v) is 4.56. The van der Waals surface area contributed by atoms with Crippen molar-refractivity contribution >= 4 is 0 Å². The van der Waals surface area contributed by atoms with Crippen molar-refractivity contribution in [3.63, 3.8) is 0 Å². The van der Waals surface area contributed by atoms with E-state index < -0.39 is 0 Å². The molecule has 2 N–H and O–H groups in total. The van der Waals surface area contributed by atoms with E-state index in [1.165, 1.54) is 37.1 Å².